The zero-order chi connectivity index (χ0) is 60.0. The lowest BCUT2D eigenvalue weighted by Crippen LogP contribution is -1.96. The van der Waals surface area contributed by atoms with Gasteiger partial charge in [-0.3, -0.25) is 0 Å². The normalized spacial score (nSPS) is 12.4. The van der Waals surface area contributed by atoms with Crippen LogP contribution < -0.4 is 0 Å². The van der Waals surface area contributed by atoms with Crippen LogP contribution in [0.3, 0.4) is 0 Å². The molecule has 0 saturated carbocycles. The van der Waals surface area contributed by atoms with Gasteiger partial charge >= 0.3 is 0 Å². The minimum absolute atomic E-state index is 0.734. The molecule has 0 aliphatic carbocycles. The summed E-state index contributed by atoms with van der Waals surface area (Å²) in [6, 6.07) is 111. The van der Waals surface area contributed by atoms with Gasteiger partial charge in [0.15, 0.2) is 0 Å². The quantitative estimate of drug-likeness (QED) is 0.166. The van der Waals surface area contributed by atoms with Crippen LogP contribution in [0, 0.1) is 0 Å². The number of fused-ring (bicyclic) bond motifs is 21. The summed E-state index contributed by atoms with van der Waals surface area (Å²) in [6.45, 7) is 0. The van der Waals surface area contributed by atoms with Crippen LogP contribution in [0.15, 0.2) is 303 Å². The fraction of sp³-hybridized carbons (Fsp3) is 0. The summed E-state index contributed by atoms with van der Waals surface area (Å²) in [4.78, 5) is 0. The first-order valence-corrected chi connectivity index (χ1v) is 31.5. The average molecular weight is 1170 g/mol. The van der Waals surface area contributed by atoms with Gasteiger partial charge in [0.1, 0.15) is 0 Å². The van der Waals surface area contributed by atoms with Crippen LogP contribution in [0.2, 0.25) is 0 Å². The molecule has 92 heavy (non-hydrogen) atoms. The first kappa shape index (κ1) is 49.5. The predicted octanol–water partition coefficient (Wildman–Crippen LogP) is 21.6. The third-order valence-electron chi connectivity index (χ3n) is 20.0. The molecule has 0 radical (unpaired) electrons. The highest BCUT2D eigenvalue weighted by molar-refractivity contribution is 6.18. The van der Waals surface area contributed by atoms with Gasteiger partial charge in [-0.2, -0.15) is 4.73 Å². The van der Waals surface area contributed by atoms with Crippen molar-refractivity contribution >= 4 is 153 Å². The van der Waals surface area contributed by atoms with Crippen molar-refractivity contribution in [3.63, 3.8) is 0 Å². The molecule has 21 rings (SSSR count). The van der Waals surface area contributed by atoms with E-state index in [1.165, 1.54) is 92.0 Å². The van der Waals surface area contributed by atoms with Crippen LogP contribution in [-0.4, -0.2) is 37.3 Å². The third-order valence-corrected chi connectivity index (χ3v) is 20.0. The van der Waals surface area contributed by atoms with E-state index in [0.717, 1.165) is 99.5 Å². The van der Waals surface area contributed by atoms with Crippen molar-refractivity contribution in [3.05, 3.63) is 303 Å². The standard InChI is InChI=1S/C84H51N7O/c92-91-83-43-37-55(89-79-39-33-51(85-71-25-9-1-17-57(71)58-18-2-10-26-72(58)85)45-65(79)66-46-52(34-40-80(66)89)86-73-27-11-3-19-59(73)60-20-4-12-28-74(60)86)49-69(83)70-50-56(38-44-84(70)91)90-81-41-35-53(87-75-29-13-5-21-61(75)62-22-6-14-30-76(62)87)47-67(81)68-48-54(36-42-82(68)90)88-77-31-15-7-23-63(77)64-24-8-16-32-78(64)88/h1-50,92H. The van der Waals surface area contributed by atoms with E-state index in [1.54, 1.807) is 0 Å². The highest BCUT2D eigenvalue weighted by Gasteiger charge is 2.24. The molecule has 0 aliphatic rings. The molecular weight excluding hydrogens is 1120 g/mol. The number of benzene rings is 14. The summed E-state index contributed by atoms with van der Waals surface area (Å²) in [6.07, 6.45) is 0. The number of hydrogen-bond donors (Lipinski definition) is 1. The first-order valence-electron chi connectivity index (χ1n) is 31.5. The van der Waals surface area contributed by atoms with E-state index in [2.05, 4.69) is 331 Å². The Hall–Kier alpha value is -12.5. The SMILES string of the molecule is On1c2ccc(-n3c4ccc(-n5c6ccccc6c6ccccc65)cc4c4cc(-n5c6ccccc6c6ccccc65)ccc43)cc2c2cc(-n3c4ccc(-n5c6ccccc6c6ccccc65)cc4c4cc(-n5c6ccccc6c6ccccc65)ccc43)ccc21. The molecule has 0 aliphatic heterocycles. The Kier molecular flexibility index (Phi) is 9.84. The van der Waals surface area contributed by atoms with Crippen LogP contribution in [0.5, 0.6) is 0 Å². The largest absolute Gasteiger partial charge is 0.428 e. The Balaban J connectivity index is 0.786. The predicted molar refractivity (Wildman–Crippen MR) is 383 cm³/mol. The maximum absolute atomic E-state index is 12.3. The lowest BCUT2D eigenvalue weighted by atomic mass is 10.1. The molecule has 0 atom stereocenters. The summed E-state index contributed by atoms with van der Waals surface area (Å²) in [5.74, 6) is 0. The average Bonchev–Trinajstić information content (AvgIpc) is 1.58. The first-order chi connectivity index (χ1) is 45.6. The second-order valence-corrected chi connectivity index (χ2v) is 24.7. The van der Waals surface area contributed by atoms with Crippen LogP contribution in [0.4, 0.5) is 0 Å². The van der Waals surface area contributed by atoms with Gasteiger partial charge in [0, 0.05) is 110 Å². The van der Waals surface area contributed by atoms with Crippen LogP contribution in [-0.2, 0) is 0 Å². The van der Waals surface area contributed by atoms with Gasteiger partial charge in [-0.1, -0.05) is 146 Å². The molecular formula is C84H51N7O. The van der Waals surface area contributed by atoms with Crippen LogP contribution in [0.1, 0.15) is 0 Å². The molecule has 0 amide bonds. The molecule has 0 spiro atoms. The molecule has 8 nitrogen and oxygen atoms in total. The van der Waals surface area contributed by atoms with Crippen molar-refractivity contribution in [2.24, 2.45) is 0 Å². The molecule has 21 aromatic rings. The lowest BCUT2D eigenvalue weighted by molar-refractivity contribution is 0.213. The second kappa shape index (κ2) is 18.3. The summed E-state index contributed by atoms with van der Waals surface area (Å²) >= 11 is 0. The maximum Gasteiger partial charge on any atom is 0.0880 e. The second-order valence-electron chi connectivity index (χ2n) is 24.7. The van der Waals surface area contributed by atoms with E-state index >= 15 is 0 Å². The van der Waals surface area contributed by atoms with Crippen molar-refractivity contribution in [3.8, 4) is 34.1 Å². The van der Waals surface area contributed by atoms with Crippen molar-refractivity contribution < 1.29 is 5.21 Å². The number of rotatable bonds is 6. The lowest BCUT2D eigenvalue weighted by Gasteiger charge is -2.12. The monoisotopic (exact) mass is 1170 g/mol. The topological polar surface area (TPSA) is 54.7 Å². The van der Waals surface area contributed by atoms with E-state index in [9.17, 15) is 5.21 Å². The molecule has 7 heterocycles. The molecule has 428 valence electrons. The summed E-state index contributed by atoms with van der Waals surface area (Å²) in [5.41, 5.74) is 21.5. The zero-order valence-corrected chi connectivity index (χ0v) is 49.4. The number of nitrogens with zero attached hydrogens (tertiary/aromatic N) is 7. The highest BCUT2D eigenvalue weighted by atomic mass is 16.5. The molecule has 0 bridgehead atoms. The molecule has 8 heteroatoms. The van der Waals surface area contributed by atoms with E-state index in [0.29, 0.717) is 0 Å². The number of aromatic nitrogens is 7. The minimum atomic E-state index is 0.734. The van der Waals surface area contributed by atoms with Gasteiger partial charge in [-0.05, 0) is 158 Å². The molecule has 1 N–H and O–H groups in total. The molecule has 14 aromatic carbocycles. The Morgan fingerprint density at radius 3 is 0.467 bits per heavy atom. The highest BCUT2D eigenvalue weighted by Crippen LogP contribution is 2.44. The van der Waals surface area contributed by atoms with Gasteiger partial charge in [0.05, 0.1) is 77.2 Å². The van der Waals surface area contributed by atoms with Crippen molar-refractivity contribution in [2.45, 2.75) is 0 Å². The smallest absolute Gasteiger partial charge is 0.0880 e. The number of hydrogen-bond acceptors (Lipinski definition) is 1. The molecule has 7 aromatic heterocycles. The fourth-order valence-electron chi connectivity index (χ4n) is 16.2. The Morgan fingerprint density at radius 2 is 0.283 bits per heavy atom. The molecule has 0 unspecified atom stereocenters. The summed E-state index contributed by atoms with van der Waals surface area (Å²) < 4.78 is 15.8. The third kappa shape index (κ3) is 6.63. The maximum atomic E-state index is 12.3. The minimum Gasteiger partial charge on any atom is -0.428 e. The van der Waals surface area contributed by atoms with E-state index in [1.807, 2.05) is 0 Å². The number of para-hydroxylation sites is 8. The van der Waals surface area contributed by atoms with Gasteiger partial charge in [-0.15, -0.1) is 0 Å². The summed E-state index contributed by atoms with van der Waals surface area (Å²) in [5, 5.41) is 28.5. The van der Waals surface area contributed by atoms with Gasteiger partial charge in [-0.25, -0.2) is 0 Å². The Bertz CT molecular complexity index is 5830. The Morgan fingerprint density at radius 1 is 0.141 bits per heavy atom. The van der Waals surface area contributed by atoms with Crippen molar-refractivity contribution in [1.82, 2.24) is 32.1 Å². The molecule has 0 fully saturated rings. The van der Waals surface area contributed by atoms with E-state index in [4.69, 9.17) is 0 Å². The van der Waals surface area contributed by atoms with Gasteiger partial charge in [0.25, 0.3) is 0 Å². The van der Waals surface area contributed by atoms with Crippen LogP contribution in [0.25, 0.3) is 187 Å². The fourth-order valence-corrected chi connectivity index (χ4v) is 16.2. The Labute approximate surface area is 524 Å². The van der Waals surface area contributed by atoms with E-state index in [-0.39, 0.29) is 0 Å². The van der Waals surface area contributed by atoms with Crippen molar-refractivity contribution in [1.29, 1.82) is 0 Å². The van der Waals surface area contributed by atoms with Crippen molar-refractivity contribution in [2.75, 3.05) is 0 Å². The van der Waals surface area contributed by atoms with Gasteiger partial charge < -0.3 is 32.6 Å². The van der Waals surface area contributed by atoms with Crippen LogP contribution >= 0.6 is 0 Å². The van der Waals surface area contributed by atoms with Gasteiger partial charge in [0.2, 0.25) is 0 Å². The zero-order valence-electron chi connectivity index (χ0n) is 49.4. The summed E-state index contributed by atoms with van der Waals surface area (Å²) in [7, 11) is 0. The van der Waals surface area contributed by atoms with E-state index < -0.39 is 0 Å². The molecule has 0 saturated heterocycles.